The van der Waals surface area contributed by atoms with Crippen molar-refractivity contribution in [1.82, 2.24) is 10.2 Å². The number of piperazine rings is 1. The Labute approximate surface area is 101 Å². The molecule has 1 heterocycles. The van der Waals surface area contributed by atoms with E-state index in [1.54, 1.807) is 0 Å². The van der Waals surface area contributed by atoms with Gasteiger partial charge in [-0.25, -0.2) is 0 Å². The minimum Gasteiger partial charge on any atom is -0.311 e. The third kappa shape index (κ3) is 2.28. The lowest BCUT2D eigenvalue weighted by Crippen LogP contribution is -2.64. The SMILES string of the molecule is CCCN1CC(C(C)C)NCC12CCCC2. The number of hydrogen-bond donors (Lipinski definition) is 1. The summed E-state index contributed by atoms with van der Waals surface area (Å²) in [6.07, 6.45) is 7.02. The lowest BCUT2D eigenvalue weighted by Gasteiger charge is -2.49. The van der Waals surface area contributed by atoms with Gasteiger partial charge >= 0.3 is 0 Å². The molecule has 1 saturated carbocycles. The van der Waals surface area contributed by atoms with Crippen molar-refractivity contribution < 1.29 is 0 Å². The maximum Gasteiger partial charge on any atom is 0.0334 e. The number of nitrogens with zero attached hydrogens (tertiary/aromatic N) is 1. The van der Waals surface area contributed by atoms with Gasteiger partial charge in [0.15, 0.2) is 0 Å². The third-order valence-electron chi connectivity index (χ3n) is 4.61. The zero-order chi connectivity index (χ0) is 11.6. The molecule has 94 valence electrons. The van der Waals surface area contributed by atoms with Crippen LogP contribution in [0.25, 0.3) is 0 Å². The van der Waals surface area contributed by atoms with Crippen LogP contribution in [0, 0.1) is 5.92 Å². The van der Waals surface area contributed by atoms with E-state index in [1.807, 2.05) is 0 Å². The van der Waals surface area contributed by atoms with Crippen LogP contribution in [0.2, 0.25) is 0 Å². The predicted octanol–water partition coefficient (Wildman–Crippen LogP) is 2.64. The van der Waals surface area contributed by atoms with Crippen LogP contribution < -0.4 is 5.32 Å². The normalized spacial score (nSPS) is 30.4. The van der Waals surface area contributed by atoms with E-state index in [4.69, 9.17) is 0 Å². The highest BCUT2D eigenvalue weighted by atomic mass is 15.3. The fourth-order valence-corrected chi connectivity index (χ4v) is 3.50. The van der Waals surface area contributed by atoms with Crippen molar-refractivity contribution >= 4 is 0 Å². The minimum absolute atomic E-state index is 0.529. The van der Waals surface area contributed by atoms with E-state index in [0.29, 0.717) is 11.6 Å². The molecular formula is C14H28N2. The summed E-state index contributed by atoms with van der Waals surface area (Å²) < 4.78 is 0. The van der Waals surface area contributed by atoms with Gasteiger partial charge in [0.25, 0.3) is 0 Å². The second-order valence-electron chi connectivity index (χ2n) is 6.11. The second-order valence-corrected chi connectivity index (χ2v) is 6.11. The van der Waals surface area contributed by atoms with Gasteiger partial charge in [0.05, 0.1) is 0 Å². The van der Waals surface area contributed by atoms with Gasteiger partial charge in [-0.15, -0.1) is 0 Å². The lowest BCUT2D eigenvalue weighted by molar-refractivity contribution is 0.0332. The van der Waals surface area contributed by atoms with Crippen LogP contribution in [-0.2, 0) is 0 Å². The summed E-state index contributed by atoms with van der Waals surface area (Å²) in [6, 6.07) is 0.706. The summed E-state index contributed by atoms with van der Waals surface area (Å²) >= 11 is 0. The van der Waals surface area contributed by atoms with Crippen LogP contribution in [-0.4, -0.2) is 36.1 Å². The maximum atomic E-state index is 3.80. The molecule has 0 aromatic rings. The molecule has 1 N–H and O–H groups in total. The Balaban J connectivity index is 2.04. The number of hydrogen-bond acceptors (Lipinski definition) is 2. The summed E-state index contributed by atoms with van der Waals surface area (Å²) in [5.41, 5.74) is 0.529. The molecular weight excluding hydrogens is 196 g/mol. The van der Waals surface area contributed by atoms with E-state index >= 15 is 0 Å². The molecule has 2 aliphatic rings. The Morgan fingerprint density at radius 2 is 2.00 bits per heavy atom. The van der Waals surface area contributed by atoms with Crippen LogP contribution in [0.4, 0.5) is 0 Å². The van der Waals surface area contributed by atoms with Crippen molar-refractivity contribution in [3.63, 3.8) is 0 Å². The first-order valence-electron chi connectivity index (χ1n) is 7.16. The zero-order valence-corrected chi connectivity index (χ0v) is 11.3. The Hall–Kier alpha value is -0.0800. The van der Waals surface area contributed by atoms with Gasteiger partial charge < -0.3 is 5.32 Å². The molecule has 1 saturated heterocycles. The van der Waals surface area contributed by atoms with Crippen LogP contribution in [0.1, 0.15) is 52.9 Å². The highest BCUT2D eigenvalue weighted by molar-refractivity contribution is 5.02. The Kier molecular flexibility index (Phi) is 3.91. The maximum absolute atomic E-state index is 3.80. The third-order valence-corrected chi connectivity index (χ3v) is 4.61. The highest BCUT2D eigenvalue weighted by Crippen LogP contribution is 2.37. The number of rotatable bonds is 3. The van der Waals surface area contributed by atoms with E-state index < -0.39 is 0 Å². The van der Waals surface area contributed by atoms with Crippen LogP contribution >= 0.6 is 0 Å². The summed E-state index contributed by atoms with van der Waals surface area (Å²) in [4.78, 5) is 2.81. The average molecular weight is 224 g/mol. The largest absolute Gasteiger partial charge is 0.311 e. The molecule has 1 atom stereocenters. The van der Waals surface area contributed by atoms with Crippen LogP contribution in [0.15, 0.2) is 0 Å². The fourth-order valence-electron chi connectivity index (χ4n) is 3.50. The summed E-state index contributed by atoms with van der Waals surface area (Å²) in [7, 11) is 0. The van der Waals surface area contributed by atoms with Crippen molar-refractivity contribution in [2.45, 2.75) is 64.5 Å². The molecule has 2 heteroatoms. The van der Waals surface area contributed by atoms with Crippen molar-refractivity contribution in [2.75, 3.05) is 19.6 Å². The van der Waals surface area contributed by atoms with E-state index in [0.717, 1.165) is 5.92 Å². The quantitative estimate of drug-likeness (QED) is 0.793. The van der Waals surface area contributed by atoms with Crippen molar-refractivity contribution in [3.05, 3.63) is 0 Å². The monoisotopic (exact) mass is 224 g/mol. The Morgan fingerprint density at radius 1 is 1.31 bits per heavy atom. The summed E-state index contributed by atoms with van der Waals surface area (Å²) in [5, 5.41) is 3.80. The van der Waals surface area contributed by atoms with E-state index in [1.165, 1.54) is 51.7 Å². The van der Waals surface area contributed by atoms with Crippen LogP contribution in [0.5, 0.6) is 0 Å². The van der Waals surface area contributed by atoms with Gasteiger partial charge in [0.1, 0.15) is 0 Å². The van der Waals surface area contributed by atoms with Crippen molar-refractivity contribution in [3.8, 4) is 0 Å². The predicted molar refractivity (Wildman–Crippen MR) is 69.7 cm³/mol. The minimum atomic E-state index is 0.529. The molecule has 1 unspecified atom stereocenters. The molecule has 0 aromatic carbocycles. The van der Waals surface area contributed by atoms with Crippen molar-refractivity contribution in [1.29, 1.82) is 0 Å². The van der Waals surface area contributed by atoms with E-state index in [9.17, 15) is 0 Å². The molecule has 0 amide bonds. The topological polar surface area (TPSA) is 15.3 Å². The zero-order valence-electron chi connectivity index (χ0n) is 11.3. The summed E-state index contributed by atoms with van der Waals surface area (Å²) in [5.74, 6) is 0.762. The van der Waals surface area contributed by atoms with Gasteiger partial charge in [-0.3, -0.25) is 4.90 Å². The molecule has 2 nitrogen and oxygen atoms in total. The Morgan fingerprint density at radius 3 is 2.56 bits per heavy atom. The first-order valence-corrected chi connectivity index (χ1v) is 7.16. The van der Waals surface area contributed by atoms with Gasteiger partial charge in [0, 0.05) is 24.7 Å². The Bertz CT molecular complexity index is 219. The van der Waals surface area contributed by atoms with Crippen molar-refractivity contribution in [2.24, 2.45) is 5.92 Å². The molecule has 2 fully saturated rings. The molecule has 1 spiro atoms. The lowest BCUT2D eigenvalue weighted by atomic mass is 9.88. The van der Waals surface area contributed by atoms with Gasteiger partial charge in [-0.2, -0.15) is 0 Å². The fraction of sp³-hybridized carbons (Fsp3) is 1.00. The molecule has 16 heavy (non-hydrogen) atoms. The molecule has 1 aliphatic heterocycles. The van der Waals surface area contributed by atoms with Gasteiger partial charge in [0.2, 0.25) is 0 Å². The molecule has 0 radical (unpaired) electrons. The smallest absolute Gasteiger partial charge is 0.0334 e. The van der Waals surface area contributed by atoms with Crippen LogP contribution in [0.3, 0.4) is 0 Å². The highest BCUT2D eigenvalue weighted by Gasteiger charge is 2.43. The second kappa shape index (κ2) is 5.05. The first-order chi connectivity index (χ1) is 7.68. The van der Waals surface area contributed by atoms with Gasteiger partial charge in [-0.05, 0) is 31.7 Å². The summed E-state index contributed by atoms with van der Waals surface area (Å²) in [6.45, 7) is 10.8. The standard InChI is InChI=1S/C14H28N2/c1-4-9-16-10-13(12(2)3)15-11-14(16)7-5-6-8-14/h12-13,15H,4-11H2,1-3H3. The average Bonchev–Trinajstić information content (AvgIpc) is 2.71. The molecule has 0 bridgehead atoms. The molecule has 2 rings (SSSR count). The van der Waals surface area contributed by atoms with E-state index in [2.05, 4.69) is 31.0 Å². The first kappa shape index (κ1) is 12.4. The van der Waals surface area contributed by atoms with Gasteiger partial charge in [-0.1, -0.05) is 33.6 Å². The molecule has 0 aromatic heterocycles. The van der Waals surface area contributed by atoms with E-state index in [-0.39, 0.29) is 0 Å². The number of nitrogens with one attached hydrogen (secondary N) is 1. The molecule has 1 aliphatic carbocycles.